The Morgan fingerprint density at radius 3 is 2.83 bits per heavy atom. The van der Waals surface area contributed by atoms with Crippen molar-refractivity contribution in [3.8, 4) is 0 Å². The molecular weight excluding hydrogens is 154 g/mol. The Morgan fingerprint density at radius 2 is 2.33 bits per heavy atom. The lowest BCUT2D eigenvalue weighted by Crippen LogP contribution is -2.27. The summed E-state index contributed by atoms with van der Waals surface area (Å²) in [5, 5.41) is 0. The Bertz CT molecular complexity index is 260. The minimum atomic E-state index is -0.0920. The van der Waals surface area contributed by atoms with Crippen LogP contribution in [0.15, 0.2) is 18.6 Å². The molecule has 0 N–H and O–H groups in total. The predicted molar refractivity (Wildman–Crippen MR) is 44.7 cm³/mol. The number of carbonyl (C=O) groups excluding carboxylic acids is 1. The van der Waals surface area contributed by atoms with E-state index < -0.39 is 0 Å². The molecule has 0 fully saturated rings. The molecular formula is C8H11N3O. The van der Waals surface area contributed by atoms with Crippen molar-refractivity contribution in [3.63, 3.8) is 0 Å². The van der Waals surface area contributed by atoms with Crippen LogP contribution in [0.2, 0.25) is 0 Å². The van der Waals surface area contributed by atoms with Gasteiger partial charge in [0.2, 0.25) is 0 Å². The Balaban J connectivity index is 2.79. The van der Waals surface area contributed by atoms with E-state index in [9.17, 15) is 4.79 Å². The van der Waals surface area contributed by atoms with Crippen molar-refractivity contribution in [1.82, 2.24) is 14.9 Å². The van der Waals surface area contributed by atoms with Crippen molar-refractivity contribution in [2.75, 3.05) is 13.6 Å². The smallest absolute Gasteiger partial charge is 0.273 e. The maximum absolute atomic E-state index is 11.4. The molecule has 0 radical (unpaired) electrons. The van der Waals surface area contributed by atoms with Crippen molar-refractivity contribution < 1.29 is 4.79 Å². The van der Waals surface area contributed by atoms with Crippen LogP contribution < -0.4 is 0 Å². The van der Waals surface area contributed by atoms with E-state index in [4.69, 9.17) is 0 Å². The standard InChI is InChI=1S/C8H11N3O/c1-3-11(2)8(12)7-6-9-4-5-10-7/h4-6H,3H2,1-2H3. The Kier molecular flexibility index (Phi) is 2.74. The van der Waals surface area contributed by atoms with Gasteiger partial charge in [-0.2, -0.15) is 0 Å². The number of rotatable bonds is 2. The Labute approximate surface area is 71.3 Å². The van der Waals surface area contributed by atoms with Gasteiger partial charge in [0, 0.05) is 26.0 Å². The lowest BCUT2D eigenvalue weighted by Gasteiger charge is -2.12. The van der Waals surface area contributed by atoms with Crippen LogP contribution in [0.5, 0.6) is 0 Å². The molecule has 0 aromatic carbocycles. The maximum atomic E-state index is 11.4. The van der Waals surface area contributed by atoms with E-state index in [0.29, 0.717) is 12.2 Å². The van der Waals surface area contributed by atoms with E-state index in [0.717, 1.165) is 0 Å². The molecule has 0 saturated heterocycles. The molecule has 0 aliphatic rings. The lowest BCUT2D eigenvalue weighted by atomic mass is 10.4. The van der Waals surface area contributed by atoms with Gasteiger partial charge in [-0.15, -0.1) is 0 Å². The van der Waals surface area contributed by atoms with Crippen LogP contribution in [0.4, 0.5) is 0 Å². The van der Waals surface area contributed by atoms with E-state index in [-0.39, 0.29) is 5.91 Å². The van der Waals surface area contributed by atoms with Gasteiger partial charge in [0.05, 0.1) is 6.20 Å². The average Bonchev–Trinajstić information content (AvgIpc) is 2.17. The topological polar surface area (TPSA) is 46.1 Å². The number of hydrogen-bond donors (Lipinski definition) is 0. The van der Waals surface area contributed by atoms with Crippen LogP contribution >= 0.6 is 0 Å². The van der Waals surface area contributed by atoms with E-state index in [2.05, 4.69) is 9.97 Å². The predicted octanol–water partition coefficient (Wildman–Crippen LogP) is 0.569. The number of hydrogen-bond acceptors (Lipinski definition) is 3. The molecule has 0 aliphatic heterocycles. The quantitative estimate of drug-likeness (QED) is 0.643. The number of carbonyl (C=O) groups is 1. The van der Waals surface area contributed by atoms with Crippen LogP contribution in [-0.2, 0) is 0 Å². The van der Waals surface area contributed by atoms with Crippen molar-refractivity contribution in [3.05, 3.63) is 24.3 Å². The normalized spacial score (nSPS) is 9.50. The molecule has 0 saturated carbocycles. The van der Waals surface area contributed by atoms with Crippen LogP contribution in [0, 0.1) is 0 Å². The molecule has 12 heavy (non-hydrogen) atoms. The Hall–Kier alpha value is -1.45. The summed E-state index contributed by atoms with van der Waals surface area (Å²) in [6.45, 7) is 2.59. The molecule has 4 heteroatoms. The zero-order valence-electron chi connectivity index (χ0n) is 7.19. The van der Waals surface area contributed by atoms with Crippen molar-refractivity contribution in [2.24, 2.45) is 0 Å². The van der Waals surface area contributed by atoms with Gasteiger partial charge < -0.3 is 4.90 Å². The molecule has 0 bridgehead atoms. The molecule has 1 amide bonds. The first-order chi connectivity index (χ1) is 5.75. The second-order valence-electron chi connectivity index (χ2n) is 2.41. The van der Waals surface area contributed by atoms with E-state index in [1.807, 2.05) is 6.92 Å². The molecule has 1 aromatic rings. The van der Waals surface area contributed by atoms with Gasteiger partial charge in [-0.1, -0.05) is 0 Å². The van der Waals surface area contributed by atoms with Crippen molar-refractivity contribution in [1.29, 1.82) is 0 Å². The fraction of sp³-hybridized carbons (Fsp3) is 0.375. The highest BCUT2D eigenvalue weighted by Crippen LogP contribution is 1.95. The van der Waals surface area contributed by atoms with Crippen molar-refractivity contribution in [2.45, 2.75) is 6.92 Å². The first-order valence-electron chi connectivity index (χ1n) is 3.77. The summed E-state index contributed by atoms with van der Waals surface area (Å²) in [6, 6.07) is 0. The molecule has 1 aromatic heterocycles. The minimum Gasteiger partial charge on any atom is -0.341 e. The molecule has 0 aliphatic carbocycles. The van der Waals surface area contributed by atoms with Gasteiger partial charge in [-0.05, 0) is 6.92 Å². The van der Waals surface area contributed by atoms with Gasteiger partial charge in [0.15, 0.2) is 0 Å². The average molecular weight is 165 g/mol. The zero-order valence-corrected chi connectivity index (χ0v) is 7.19. The number of nitrogens with zero attached hydrogens (tertiary/aromatic N) is 3. The third-order valence-corrected chi connectivity index (χ3v) is 1.60. The maximum Gasteiger partial charge on any atom is 0.273 e. The van der Waals surface area contributed by atoms with Gasteiger partial charge in [0.1, 0.15) is 5.69 Å². The van der Waals surface area contributed by atoms with Crippen LogP contribution in [0.3, 0.4) is 0 Å². The van der Waals surface area contributed by atoms with Gasteiger partial charge in [-0.3, -0.25) is 9.78 Å². The van der Waals surface area contributed by atoms with Crippen molar-refractivity contribution >= 4 is 5.91 Å². The van der Waals surface area contributed by atoms with Gasteiger partial charge in [-0.25, -0.2) is 4.98 Å². The summed E-state index contributed by atoms with van der Waals surface area (Å²) in [7, 11) is 1.73. The molecule has 64 valence electrons. The molecule has 1 rings (SSSR count). The lowest BCUT2D eigenvalue weighted by molar-refractivity contribution is 0.0796. The van der Waals surface area contributed by atoms with Crippen LogP contribution in [0.25, 0.3) is 0 Å². The molecule has 1 heterocycles. The molecule has 0 spiro atoms. The largest absolute Gasteiger partial charge is 0.341 e. The highest BCUT2D eigenvalue weighted by atomic mass is 16.2. The first-order valence-corrected chi connectivity index (χ1v) is 3.77. The SMILES string of the molecule is CCN(C)C(=O)c1cnccn1. The third kappa shape index (κ3) is 1.78. The highest BCUT2D eigenvalue weighted by Gasteiger charge is 2.09. The fourth-order valence-corrected chi connectivity index (χ4v) is 0.749. The monoisotopic (exact) mass is 165 g/mol. The molecule has 0 atom stereocenters. The van der Waals surface area contributed by atoms with E-state index >= 15 is 0 Å². The fourth-order valence-electron chi connectivity index (χ4n) is 0.749. The summed E-state index contributed by atoms with van der Waals surface area (Å²) in [5.74, 6) is -0.0920. The Morgan fingerprint density at radius 1 is 1.58 bits per heavy atom. The first kappa shape index (κ1) is 8.64. The second-order valence-corrected chi connectivity index (χ2v) is 2.41. The molecule has 4 nitrogen and oxygen atoms in total. The second kappa shape index (κ2) is 3.80. The summed E-state index contributed by atoms with van der Waals surface area (Å²) >= 11 is 0. The van der Waals surface area contributed by atoms with Crippen LogP contribution in [0.1, 0.15) is 17.4 Å². The van der Waals surface area contributed by atoms with Crippen LogP contribution in [-0.4, -0.2) is 34.4 Å². The highest BCUT2D eigenvalue weighted by molar-refractivity contribution is 5.91. The summed E-state index contributed by atoms with van der Waals surface area (Å²) in [5.41, 5.74) is 0.391. The van der Waals surface area contributed by atoms with Gasteiger partial charge >= 0.3 is 0 Å². The van der Waals surface area contributed by atoms with E-state index in [1.54, 1.807) is 18.1 Å². The number of amides is 1. The van der Waals surface area contributed by atoms with E-state index in [1.165, 1.54) is 12.4 Å². The zero-order chi connectivity index (χ0) is 8.97. The molecule has 0 unspecified atom stereocenters. The summed E-state index contributed by atoms with van der Waals surface area (Å²) in [4.78, 5) is 20.7. The summed E-state index contributed by atoms with van der Waals surface area (Å²) in [6.07, 6.45) is 4.52. The summed E-state index contributed by atoms with van der Waals surface area (Å²) < 4.78 is 0. The number of aromatic nitrogens is 2. The van der Waals surface area contributed by atoms with Gasteiger partial charge in [0.25, 0.3) is 5.91 Å². The minimum absolute atomic E-state index is 0.0920. The third-order valence-electron chi connectivity index (χ3n) is 1.60.